The molecule has 4 nitrogen and oxygen atoms in total. The summed E-state index contributed by atoms with van der Waals surface area (Å²) in [4.78, 5) is 27.2. The van der Waals surface area contributed by atoms with Crippen LogP contribution in [0.3, 0.4) is 0 Å². The highest BCUT2D eigenvalue weighted by Gasteiger charge is 2.34. The molecule has 164 valence electrons. The van der Waals surface area contributed by atoms with E-state index in [4.69, 9.17) is 0 Å². The number of hydrogen-bond donors (Lipinski definition) is 1. The van der Waals surface area contributed by atoms with Crippen LogP contribution in [0.5, 0.6) is 0 Å². The van der Waals surface area contributed by atoms with Crippen molar-refractivity contribution in [3.05, 3.63) is 94.0 Å². The molecule has 0 bridgehead atoms. The summed E-state index contributed by atoms with van der Waals surface area (Å²) in [5.74, 6) is 0.355. The molecule has 1 fully saturated rings. The summed E-state index contributed by atoms with van der Waals surface area (Å²) < 4.78 is 0.926. The van der Waals surface area contributed by atoms with Gasteiger partial charge in [0.05, 0.1) is 5.75 Å². The quantitative estimate of drug-likeness (QED) is 0.422. The zero-order valence-corrected chi connectivity index (χ0v) is 20.7. The lowest BCUT2D eigenvalue weighted by Gasteiger charge is -2.26. The van der Waals surface area contributed by atoms with E-state index in [0.29, 0.717) is 17.0 Å². The van der Waals surface area contributed by atoms with Crippen molar-refractivity contribution in [1.82, 2.24) is 0 Å². The first-order valence-electron chi connectivity index (χ1n) is 10.4. The van der Waals surface area contributed by atoms with Gasteiger partial charge in [0.15, 0.2) is 0 Å². The lowest BCUT2D eigenvalue weighted by atomic mass is 9.87. The third kappa shape index (κ3) is 4.92. The highest BCUT2D eigenvalue weighted by atomic mass is 79.9. The maximum Gasteiger partial charge on any atom is 0.255 e. The van der Waals surface area contributed by atoms with Crippen molar-refractivity contribution in [3.63, 3.8) is 0 Å². The molecule has 1 aliphatic rings. The highest BCUT2D eigenvalue weighted by Crippen LogP contribution is 2.42. The zero-order chi connectivity index (χ0) is 22.9. The van der Waals surface area contributed by atoms with E-state index in [2.05, 4.69) is 54.2 Å². The Labute approximate surface area is 201 Å². The molecule has 2 amide bonds. The smallest absolute Gasteiger partial charge is 0.255 e. The molecular formula is C26H25BrN2O2S. The standard InChI is InChI=1S/C26H25BrN2O2S/c1-26(2,3)19-9-13-22(14-10-19)29-23(30)16-32-25(29)18-5-4-6-21(15-18)28-24(31)17-7-11-20(27)12-8-17/h4-15,25H,16H2,1-3H3,(H,28,31)/t25-/m0/s1. The first kappa shape index (κ1) is 22.6. The van der Waals surface area contributed by atoms with Crippen LogP contribution in [0.25, 0.3) is 0 Å². The maximum absolute atomic E-state index is 12.7. The Morgan fingerprint density at radius 2 is 1.72 bits per heavy atom. The summed E-state index contributed by atoms with van der Waals surface area (Å²) in [6.45, 7) is 6.53. The van der Waals surface area contributed by atoms with Gasteiger partial charge in [0, 0.05) is 21.4 Å². The molecule has 6 heteroatoms. The van der Waals surface area contributed by atoms with Gasteiger partial charge < -0.3 is 5.32 Å². The van der Waals surface area contributed by atoms with Crippen LogP contribution < -0.4 is 10.2 Å². The summed E-state index contributed by atoms with van der Waals surface area (Å²) in [6, 6.07) is 23.2. The normalized spacial score (nSPS) is 16.3. The first-order valence-corrected chi connectivity index (χ1v) is 12.3. The van der Waals surface area contributed by atoms with Crippen LogP contribution in [-0.4, -0.2) is 17.6 Å². The van der Waals surface area contributed by atoms with E-state index in [0.717, 1.165) is 15.7 Å². The molecule has 3 aromatic carbocycles. The van der Waals surface area contributed by atoms with Crippen LogP contribution in [0, 0.1) is 0 Å². The monoisotopic (exact) mass is 508 g/mol. The lowest BCUT2D eigenvalue weighted by molar-refractivity contribution is -0.115. The van der Waals surface area contributed by atoms with Crippen LogP contribution in [0.1, 0.15) is 47.6 Å². The topological polar surface area (TPSA) is 49.4 Å². The van der Waals surface area contributed by atoms with Gasteiger partial charge >= 0.3 is 0 Å². The largest absolute Gasteiger partial charge is 0.322 e. The number of carbonyl (C=O) groups is 2. The Hall–Kier alpha value is -2.57. The fourth-order valence-corrected chi connectivity index (χ4v) is 5.08. The van der Waals surface area contributed by atoms with Gasteiger partial charge in [0.25, 0.3) is 5.91 Å². The number of amides is 2. The number of thioether (sulfide) groups is 1. The third-order valence-corrected chi connectivity index (χ3v) is 7.16. The molecule has 1 heterocycles. The summed E-state index contributed by atoms with van der Waals surface area (Å²) >= 11 is 4.99. The minimum absolute atomic E-state index is 0.0586. The van der Waals surface area contributed by atoms with Gasteiger partial charge in [-0.05, 0) is 65.1 Å². The number of halogens is 1. The SMILES string of the molecule is CC(C)(C)c1ccc(N2C(=O)CS[C@H]2c2cccc(NC(=O)c3ccc(Br)cc3)c2)cc1. The van der Waals surface area contributed by atoms with Gasteiger partial charge in [0.1, 0.15) is 5.37 Å². The molecule has 0 spiro atoms. The van der Waals surface area contributed by atoms with Crippen molar-refractivity contribution in [2.75, 3.05) is 16.0 Å². The molecule has 1 aliphatic heterocycles. The number of benzene rings is 3. The van der Waals surface area contributed by atoms with Gasteiger partial charge in [0.2, 0.25) is 5.91 Å². The first-order chi connectivity index (χ1) is 15.2. The number of hydrogen-bond acceptors (Lipinski definition) is 3. The van der Waals surface area contributed by atoms with E-state index in [1.54, 1.807) is 23.9 Å². The molecular weight excluding hydrogens is 484 g/mol. The minimum Gasteiger partial charge on any atom is -0.322 e. The Balaban J connectivity index is 1.56. The van der Waals surface area contributed by atoms with E-state index >= 15 is 0 Å². The predicted octanol–water partition coefficient (Wildman–Crippen LogP) is 6.78. The van der Waals surface area contributed by atoms with Gasteiger partial charge in [-0.25, -0.2) is 0 Å². The lowest BCUT2D eigenvalue weighted by Crippen LogP contribution is -2.28. The van der Waals surface area contributed by atoms with E-state index in [-0.39, 0.29) is 22.6 Å². The van der Waals surface area contributed by atoms with Gasteiger partial charge in [-0.2, -0.15) is 0 Å². The number of anilines is 2. The van der Waals surface area contributed by atoms with E-state index in [1.165, 1.54) is 5.56 Å². The molecule has 1 N–H and O–H groups in total. The molecule has 32 heavy (non-hydrogen) atoms. The van der Waals surface area contributed by atoms with E-state index in [9.17, 15) is 9.59 Å². The van der Waals surface area contributed by atoms with Crippen LogP contribution in [0.2, 0.25) is 0 Å². The van der Waals surface area contributed by atoms with Crippen LogP contribution in [0.15, 0.2) is 77.3 Å². The summed E-state index contributed by atoms with van der Waals surface area (Å²) in [5.41, 5.74) is 4.46. The maximum atomic E-state index is 12.7. The second-order valence-electron chi connectivity index (χ2n) is 8.81. The average molecular weight is 509 g/mol. The zero-order valence-electron chi connectivity index (χ0n) is 18.3. The Morgan fingerprint density at radius 3 is 2.38 bits per heavy atom. The van der Waals surface area contributed by atoms with Gasteiger partial charge in [-0.1, -0.05) is 61.0 Å². The molecule has 1 saturated heterocycles. The molecule has 0 radical (unpaired) electrons. The second kappa shape index (κ2) is 9.12. The molecule has 0 saturated carbocycles. The Kier molecular flexibility index (Phi) is 6.45. The highest BCUT2D eigenvalue weighted by molar-refractivity contribution is 9.10. The molecule has 0 unspecified atom stereocenters. The predicted molar refractivity (Wildman–Crippen MR) is 136 cm³/mol. The summed E-state index contributed by atoms with van der Waals surface area (Å²) in [5, 5.41) is 2.83. The molecule has 1 atom stereocenters. The van der Waals surface area contributed by atoms with Crippen LogP contribution in [0.4, 0.5) is 11.4 Å². The van der Waals surface area contributed by atoms with Crippen molar-refractivity contribution in [2.24, 2.45) is 0 Å². The third-order valence-electron chi connectivity index (χ3n) is 5.42. The van der Waals surface area contributed by atoms with E-state index in [1.807, 2.05) is 53.4 Å². The molecule has 0 aromatic heterocycles. The minimum atomic E-state index is -0.167. The number of nitrogens with zero attached hydrogens (tertiary/aromatic N) is 1. The van der Waals surface area contributed by atoms with Crippen LogP contribution >= 0.6 is 27.7 Å². The molecule has 3 aromatic rings. The summed E-state index contributed by atoms with van der Waals surface area (Å²) in [7, 11) is 0. The average Bonchev–Trinajstić information content (AvgIpc) is 3.15. The summed E-state index contributed by atoms with van der Waals surface area (Å²) in [6.07, 6.45) is 0. The second-order valence-corrected chi connectivity index (χ2v) is 10.8. The number of rotatable bonds is 4. The Bertz CT molecular complexity index is 1140. The van der Waals surface area contributed by atoms with Crippen molar-refractivity contribution >= 4 is 50.9 Å². The fourth-order valence-electron chi connectivity index (χ4n) is 3.65. The number of nitrogens with one attached hydrogen (secondary N) is 1. The molecule has 0 aliphatic carbocycles. The van der Waals surface area contributed by atoms with E-state index < -0.39 is 0 Å². The fraction of sp³-hybridized carbons (Fsp3) is 0.231. The Morgan fingerprint density at radius 1 is 1.03 bits per heavy atom. The van der Waals surface area contributed by atoms with Gasteiger partial charge in [-0.15, -0.1) is 11.8 Å². The molecule has 4 rings (SSSR count). The van der Waals surface area contributed by atoms with Gasteiger partial charge in [-0.3, -0.25) is 14.5 Å². The van der Waals surface area contributed by atoms with Crippen molar-refractivity contribution < 1.29 is 9.59 Å². The van der Waals surface area contributed by atoms with Crippen molar-refractivity contribution in [2.45, 2.75) is 31.6 Å². The van der Waals surface area contributed by atoms with Crippen molar-refractivity contribution in [1.29, 1.82) is 0 Å². The number of carbonyl (C=O) groups excluding carboxylic acids is 2. The van der Waals surface area contributed by atoms with Crippen molar-refractivity contribution in [3.8, 4) is 0 Å². The van der Waals surface area contributed by atoms with Crippen LogP contribution in [-0.2, 0) is 10.2 Å².